The number of carbonyl (C=O) groups excluding carboxylic acids is 4. The Morgan fingerprint density at radius 2 is 0.485 bits per heavy atom. The summed E-state index contributed by atoms with van der Waals surface area (Å²) in [5.74, 6) is -1.26. The second kappa shape index (κ2) is 73.0. The minimum absolute atomic E-state index is 0.108. The summed E-state index contributed by atoms with van der Waals surface area (Å²) >= 11 is 0. The van der Waals surface area contributed by atoms with Gasteiger partial charge >= 0.3 is 39.5 Å². The third-order valence-electron chi connectivity index (χ3n) is 19.1. The predicted molar refractivity (Wildman–Crippen MR) is 405 cm³/mol. The van der Waals surface area contributed by atoms with Gasteiger partial charge in [0.25, 0.3) is 0 Å². The highest BCUT2D eigenvalue weighted by Gasteiger charge is 2.30. The van der Waals surface area contributed by atoms with Gasteiger partial charge in [-0.1, -0.05) is 375 Å². The van der Waals surface area contributed by atoms with Gasteiger partial charge in [0.15, 0.2) is 12.2 Å². The van der Waals surface area contributed by atoms with Crippen LogP contribution >= 0.6 is 15.6 Å². The van der Waals surface area contributed by atoms with Crippen LogP contribution in [0.15, 0.2) is 0 Å². The van der Waals surface area contributed by atoms with Gasteiger partial charge in [0.1, 0.15) is 19.3 Å². The van der Waals surface area contributed by atoms with E-state index in [2.05, 4.69) is 34.6 Å². The highest BCUT2D eigenvalue weighted by atomic mass is 31.2. The number of aliphatic hydroxyl groups excluding tert-OH is 1. The summed E-state index contributed by atoms with van der Waals surface area (Å²) in [7, 11) is -9.91. The van der Waals surface area contributed by atoms with Crippen LogP contribution in [-0.2, 0) is 65.4 Å². The van der Waals surface area contributed by atoms with Crippen molar-refractivity contribution in [2.75, 3.05) is 39.6 Å². The maximum Gasteiger partial charge on any atom is 0.472 e. The summed E-state index contributed by atoms with van der Waals surface area (Å²) < 4.78 is 68.6. The van der Waals surface area contributed by atoms with Crippen molar-refractivity contribution < 1.29 is 80.2 Å². The van der Waals surface area contributed by atoms with Crippen molar-refractivity contribution in [1.29, 1.82) is 0 Å². The summed E-state index contributed by atoms with van der Waals surface area (Å²) in [5.41, 5.74) is 0. The van der Waals surface area contributed by atoms with E-state index in [4.69, 9.17) is 37.0 Å². The zero-order valence-corrected chi connectivity index (χ0v) is 66.4. The Morgan fingerprint density at radius 3 is 0.717 bits per heavy atom. The van der Waals surface area contributed by atoms with Gasteiger partial charge in [-0.05, 0) is 31.6 Å². The second-order valence-electron chi connectivity index (χ2n) is 29.1. The molecule has 0 rings (SSSR count). The van der Waals surface area contributed by atoms with Gasteiger partial charge in [-0.3, -0.25) is 37.3 Å². The molecule has 6 atom stereocenters. The second-order valence-corrected chi connectivity index (χ2v) is 32.0. The SMILES string of the molecule is CCCCCCCCCCCCCCCCCCCCCC(=O)O[C@H](COC(=O)CCCCCCCCCCCCCCCCC(C)CC)COP(=O)(O)OC[C@@H](O)COP(=O)(O)OC[C@@H](COC(=O)CCCCCCCCCC)OC(=O)CCCCCCCCCCCCCCCC. The van der Waals surface area contributed by atoms with E-state index < -0.39 is 97.5 Å². The van der Waals surface area contributed by atoms with Gasteiger partial charge in [-0.25, -0.2) is 9.13 Å². The predicted octanol–water partition coefficient (Wildman–Crippen LogP) is 24.0. The van der Waals surface area contributed by atoms with Crippen molar-refractivity contribution in [3.05, 3.63) is 0 Å². The molecule has 0 radical (unpaired) electrons. The summed E-state index contributed by atoms with van der Waals surface area (Å²) in [6, 6.07) is 0. The molecule has 0 aromatic carbocycles. The molecule has 0 saturated heterocycles. The molecule has 19 heteroatoms. The number of rotatable bonds is 80. The van der Waals surface area contributed by atoms with E-state index in [0.717, 1.165) is 102 Å². The van der Waals surface area contributed by atoms with Gasteiger partial charge in [-0.15, -0.1) is 0 Å². The number of phosphoric acid groups is 2. The van der Waals surface area contributed by atoms with Crippen LogP contribution in [0.25, 0.3) is 0 Å². The minimum Gasteiger partial charge on any atom is -0.462 e. The van der Waals surface area contributed by atoms with Crippen LogP contribution in [0.3, 0.4) is 0 Å². The number of unbranched alkanes of at least 4 members (excludes halogenated alkanes) is 51. The molecule has 0 aromatic rings. The lowest BCUT2D eigenvalue weighted by Crippen LogP contribution is -2.30. The molecule has 0 spiro atoms. The van der Waals surface area contributed by atoms with Crippen LogP contribution < -0.4 is 0 Å². The first-order valence-electron chi connectivity index (χ1n) is 41.7. The summed E-state index contributed by atoms with van der Waals surface area (Å²) in [6.45, 7) is 7.36. The average molecular weight is 1450 g/mol. The maximum atomic E-state index is 13.1. The lowest BCUT2D eigenvalue weighted by molar-refractivity contribution is -0.161. The van der Waals surface area contributed by atoms with Crippen LogP contribution in [-0.4, -0.2) is 96.7 Å². The van der Waals surface area contributed by atoms with Gasteiger partial charge < -0.3 is 33.8 Å². The van der Waals surface area contributed by atoms with Gasteiger partial charge in [0, 0.05) is 25.7 Å². The summed E-state index contributed by atoms with van der Waals surface area (Å²) in [4.78, 5) is 72.9. The number of ether oxygens (including phenoxy) is 4. The van der Waals surface area contributed by atoms with E-state index in [1.165, 1.54) is 244 Å². The van der Waals surface area contributed by atoms with Crippen molar-refractivity contribution in [1.82, 2.24) is 0 Å². The number of esters is 4. The van der Waals surface area contributed by atoms with Gasteiger partial charge in [0.05, 0.1) is 26.4 Å². The molecule has 0 aliphatic rings. The van der Waals surface area contributed by atoms with E-state index in [1.54, 1.807) is 0 Å². The lowest BCUT2D eigenvalue weighted by Gasteiger charge is -2.21. The van der Waals surface area contributed by atoms with E-state index in [9.17, 15) is 43.2 Å². The fourth-order valence-electron chi connectivity index (χ4n) is 12.4. The quantitative estimate of drug-likeness (QED) is 0.0222. The minimum atomic E-state index is -4.96. The van der Waals surface area contributed by atoms with E-state index in [0.29, 0.717) is 25.7 Å². The highest BCUT2D eigenvalue weighted by molar-refractivity contribution is 7.47. The first kappa shape index (κ1) is 97.1. The number of hydrogen-bond acceptors (Lipinski definition) is 15. The Morgan fingerprint density at radius 1 is 0.283 bits per heavy atom. The fourth-order valence-corrected chi connectivity index (χ4v) is 14.0. The largest absolute Gasteiger partial charge is 0.472 e. The maximum absolute atomic E-state index is 13.1. The normalized spacial score (nSPS) is 14.1. The molecular formula is C80H156O17P2. The van der Waals surface area contributed by atoms with Crippen LogP contribution in [0.5, 0.6) is 0 Å². The summed E-state index contributed by atoms with van der Waals surface area (Å²) in [6.07, 6.45) is 63.8. The van der Waals surface area contributed by atoms with Gasteiger partial charge in [0.2, 0.25) is 0 Å². The molecule has 17 nitrogen and oxygen atoms in total. The third kappa shape index (κ3) is 72.8. The molecule has 0 heterocycles. The molecule has 0 aromatic heterocycles. The zero-order chi connectivity index (χ0) is 72.7. The number of phosphoric ester groups is 2. The number of aliphatic hydroxyl groups is 1. The molecule has 3 unspecified atom stereocenters. The molecule has 588 valence electrons. The van der Waals surface area contributed by atoms with Crippen molar-refractivity contribution in [2.45, 2.75) is 445 Å². The third-order valence-corrected chi connectivity index (χ3v) is 21.0. The molecule has 0 amide bonds. The molecule has 0 bridgehead atoms. The van der Waals surface area contributed by atoms with Crippen molar-refractivity contribution >= 4 is 39.5 Å². The van der Waals surface area contributed by atoms with E-state index >= 15 is 0 Å². The Balaban J connectivity index is 5.20. The topological polar surface area (TPSA) is 237 Å². The number of carbonyl (C=O) groups is 4. The molecule has 0 saturated carbocycles. The van der Waals surface area contributed by atoms with Crippen molar-refractivity contribution in [2.24, 2.45) is 5.92 Å². The molecule has 0 aliphatic heterocycles. The molecule has 99 heavy (non-hydrogen) atoms. The van der Waals surface area contributed by atoms with Crippen LogP contribution in [0, 0.1) is 5.92 Å². The Kier molecular flexibility index (Phi) is 71.6. The van der Waals surface area contributed by atoms with Crippen molar-refractivity contribution in [3.63, 3.8) is 0 Å². The smallest absolute Gasteiger partial charge is 0.462 e. The monoisotopic (exact) mass is 1450 g/mol. The van der Waals surface area contributed by atoms with Crippen LogP contribution in [0.4, 0.5) is 0 Å². The van der Waals surface area contributed by atoms with Crippen molar-refractivity contribution in [3.8, 4) is 0 Å². The lowest BCUT2D eigenvalue weighted by atomic mass is 9.99. The average Bonchev–Trinajstić information content (AvgIpc) is 0.983. The first-order valence-corrected chi connectivity index (χ1v) is 44.7. The molecule has 0 aliphatic carbocycles. The van der Waals surface area contributed by atoms with E-state index in [1.807, 2.05) is 0 Å². The van der Waals surface area contributed by atoms with Crippen LogP contribution in [0.1, 0.15) is 426 Å². The van der Waals surface area contributed by atoms with E-state index in [-0.39, 0.29) is 25.7 Å². The molecular weight excluding hydrogens is 1290 g/mol. The van der Waals surface area contributed by atoms with Gasteiger partial charge in [-0.2, -0.15) is 0 Å². The molecule has 3 N–H and O–H groups in total. The van der Waals surface area contributed by atoms with Crippen LogP contribution in [0.2, 0.25) is 0 Å². The Hall–Kier alpha value is -1.94. The summed E-state index contributed by atoms with van der Waals surface area (Å²) in [5, 5.41) is 10.6. The Bertz CT molecular complexity index is 1890. The first-order chi connectivity index (χ1) is 48.1. The molecule has 0 fully saturated rings. The zero-order valence-electron chi connectivity index (χ0n) is 64.6. The number of hydrogen-bond donors (Lipinski definition) is 3. The Labute approximate surface area is 607 Å². The fraction of sp³-hybridized carbons (Fsp3) is 0.950. The standard InChI is InChI=1S/C80H156O17P2/c1-6-10-13-16-19-22-24-26-28-29-30-31-32-38-42-46-51-56-61-66-80(85)97-76(70-91-78(83)64-59-54-49-44-40-37-34-33-35-39-43-47-52-57-62-73(5)9-4)72-95-99(88,89)93-68-74(81)67-92-98(86,87)94-71-75(69-90-77(82)63-58-53-48-21-18-15-12-8-3)96-79(84)65-60-55-50-45-41-36-27-25-23-20-17-14-11-7-2/h73-76,81H,6-72H2,1-5H3,(H,86,87)(H,88,89)/t73?,74-,75+,76+/m0/s1. The highest BCUT2D eigenvalue weighted by Crippen LogP contribution is 2.45.